The van der Waals surface area contributed by atoms with Crippen LogP contribution in [0.4, 0.5) is 5.82 Å². The second kappa shape index (κ2) is 9.89. The summed E-state index contributed by atoms with van der Waals surface area (Å²) in [4.78, 5) is 36.2. The highest BCUT2D eigenvalue weighted by Gasteiger charge is 2.29. The Bertz CT molecular complexity index is 1220. The third-order valence-electron chi connectivity index (χ3n) is 6.86. The maximum atomic E-state index is 13.1. The van der Waals surface area contributed by atoms with E-state index in [1.165, 1.54) is 12.5 Å². The molecule has 184 valence electrons. The van der Waals surface area contributed by atoms with E-state index in [4.69, 9.17) is 4.74 Å². The number of carbonyl (C=O) groups is 2. The SMILES string of the molecule is COc1ccc(C[C@H](NC(C)=O)C(=O)NC2CCN(c3c4c(nc5ncnn35)CCC4)CC2)cc1. The molecule has 3 heterocycles. The lowest BCUT2D eigenvalue weighted by Crippen LogP contribution is -2.52. The van der Waals surface area contributed by atoms with Crippen LogP contribution < -0.4 is 20.3 Å². The smallest absolute Gasteiger partial charge is 0.254 e. The van der Waals surface area contributed by atoms with E-state index in [-0.39, 0.29) is 17.9 Å². The van der Waals surface area contributed by atoms with Crippen molar-refractivity contribution in [2.45, 2.75) is 57.5 Å². The van der Waals surface area contributed by atoms with Gasteiger partial charge in [-0.3, -0.25) is 9.59 Å². The second-order valence-electron chi connectivity index (χ2n) is 9.26. The van der Waals surface area contributed by atoms with Gasteiger partial charge in [-0.15, -0.1) is 0 Å². The van der Waals surface area contributed by atoms with E-state index in [0.29, 0.717) is 12.2 Å². The Balaban J connectivity index is 1.24. The molecule has 2 aliphatic rings. The molecule has 10 heteroatoms. The van der Waals surface area contributed by atoms with Gasteiger partial charge in [0.05, 0.1) is 12.8 Å². The molecule has 35 heavy (non-hydrogen) atoms. The fourth-order valence-corrected chi connectivity index (χ4v) is 5.12. The van der Waals surface area contributed by atoms with E-state index in [1.54, 1.807) is 13.4 Å². The third-order valence-corrected chi connectivity index (χ3v) is 6.86. The number of rotatable bonds is 7. The van der Waals surface area contributed by atoms with Crippen molar-refractivity contribution < 1.29 is 14.3 Å². The Morgan fingerprint density at radius 2 is 1.94 bits per heavy atom. The van der Waals surface area contributed by atoms with Crippen LogP contribution in [0, 0.1) is 0 Å². The van der Waals surface area contributed by atoms with Gasteiger partial charge in [-0.25, -0.2) is 4.98 Å². The van der Waals surface area contributed by atoms with Crippen LogP contribution in [-0.4, -0.2) is 63.7 Å². The molecular weight excluding hydrogens is 446 g/mol. The summed E-state index contributed by atoms with van der Waals surface area (Å²) in [5.41, 5.74) is 3.36. The number of anilines is 1. The number of methoxy groups -OCH3 is 1. The van der Waals surface area contributed by atoms with E-state index in [9.17, 15) is 9.59 Å². The van der Waals surface area contributed by atoms with Gasteiger partial charge in [-0.2, -0.15) is 14.6 Å². The number of benzene rings is 1. The molecule has 10 nitrogen and oxygen atoms in total. The van der Waals surface area contributed by atoms with Crippen molar-refractivity contribution in [1.82, 2.24) is 30.2 Å². The Kier molecular flexibility index (Phi) is 6.52. The lowest BCUT2D eigenvalue weighted by atomic mass is 10.0. The number of piperidine rings is 1. The normalized spacial score (nSPS) is 16.7. The van der Waals surface area contributed by atoms with Gasteiger partial charge in [0.2, 0.25) is 11.8 Å². The molecule has 0 unspecified atom stereocenters. The molecule has 0 radical (unpaired) electrons. The molecule has 1 aliphatic carbocycles. The molecule has 0 saturated carbocycles. The summed E-state index contributed by atoms with van der Waals surface area (Å²) in [6.45, 7) is 3.05. The van der Waals surface area contributed by atoms with Gasteiger partial charge in [0.15, 0.2) is 0 Å². The third kappa shape index (κ3) is 4.91. The number of hydrogen-bond acceptors (Lipinski definition) is 7. The Morgan fingerprint density at radius 3 is 2.66 bits per heavy atom. The zero-order chi connectivity index (χ0) is 24.4. The predicted molar refractivity (Wildman–Crippen MR) is 130 cm³/mol. The first-order valence-corrected chi connectivity index (χ1v) is 12.2. The summed E-state index contributed by atoms with van der Waals surface area (Å²) in [5.74, 6) is 2.12. The predicted octanol–water partition coefficient (Wildman–Crippen LogP) is 1.45. The lowest BCUT2D eigenvalue weighted by molar-refractivity contribution is -0.128. The van der Waals surface area contributed by atoms with Crippen molar-refractivity contribution in [3.63, 3.8) is 0 Å². The van der Waals surface area contributed by atoms with Crippen molar-refractivity contribution in [1.29, 1.82) is 0 Å². The zero-order valence-electron chi connectivity index (χ0n) is 20.2. The monoisotopic (exact) mass is 477 g/mol. The minimum atomic E-state index is -0.628. The molecule has 1 saturated heterocycles. The van der Waals surface area contributed by atoms with Gasteiger partial charge in [-0.05, 0) is 49.8 Å². The first-order valence-electron chi connectivity index (χ1n) is 12.2. The number of nitrogens with zero attached hydrogens (tertiary/aromatic N) is 5. The molecule has 2 N–H and O–H groups in total. The Morgan fingerprint density at radius 1 is 1.17 bits per heavy atom. The number of carbonyl (C=O) groups excluding carboxylic acids is 2. The van der Waals surface area contributed by atoms with Crippen molar-refractivity contribution >= 4 is 23.4 Å². The fourth-order valence-electron chi connectivity index (χ4n) is 5.12. The minimum Gasteiger partial charge on any atom is -0.497 e. The number of aryl methyl sites for hydroxylation is 1. The minimum absolute atomic E-state index is 0.0481. The van der Waals surface area contributed by atoms with E-state index in [0.717, 1.165) is 68.0 Å². The van der Waals surface area contributed by atoms with Gasteiger partial charge in [0.25, 0.3) is 5.78 Å². The van der Waals surface area contributed by atoms with Gasteiger partial charge < -0.3 is 20.3 Å². The number of amides is 2. The van der Waals surface area contributed by atoms with Crippen LogP contribution in [0.1, 0.15) is 43.0 Å². The maximum absolute atomic E-state index is 13.1. The van der Waals surface area contributed by atoms with Crippen LogP contribution >= 0.6 is 0 Å². The van der Waals surface area contributed by atoms with E-state index in [1.807, 2.05) is 28.8 Å². The zero-order valence-corrected chi connectivity index (χ0v) is 20.2. The number of ether oxygens (including phenoxy) is 1. The Hall–Kier alpha value is -3.69. The largest absolute Gasteiger partial charge is 0.497 e. The van der Waals surface area contributed by atoms with E-state index in [2.05, 4.69) is 30.6 Å². The highest BCUT2D eigenvalue weighted by Crippen LogP contribution is 2.32. The van der Waals surface area contributed by atoms with Gasteiger partial charge in [-0.1, -0.05) is 12.1 Å². The lowest BCUT2D eigenvalue weighted by Gasteiger charge is -2.35. The number of nitrogens with one attached hydrogen (secondary N) is 2. The first kappa shape index (κ1) is 23.1. The summed E-state index contributed by atoms with van der Waals surface area (Å²) in [5, 5.41) is 10.4. The first-order chi connectivity index (χ1) is 17.0. The molecule has 1 aliphatic heterocycles. The van der Waals surface area contributed by atoms with Crippen LogP contribution in [-0.2, 0) is 28.9 Å². The second-order valence-corrected chi connectivity index (χ2v) is 9.26. The summed E-state index contributed by atoms with van der Waals surface area (Å²) in [6.07, 6.45) is 6.70. The van der Waals surface area contributed by atoms with Crippen molar-refractivity contribution in [3.05, 3.63) is 47.4 Å². The molecule has 0 spiro atoms. The van der Waals surface area contributed by atoms with Crippen LogP contribution in [0.2, 0.25) is 0 Å². The number of fused-ring (bicyclic) bond motifs is 2. The average Bonchev–Trinajstić information content (AvgIpc) is 3.52. The highest BCUT2D eigenvalue weighted by atomic mass is 16.5. The quantitative estimate of drug-likeness (QED) is 0.530. The van der Waals surface area contributed by atoms with Crippen LogP contribution in [0.3, 0.4) is 0 Å². The fraction of sp³-hybridized carbons (Fsp3) is 0.480. The maximum Gasteiger partial charge on any atom is 0.254 e. The average molecular weight is 478 g/mol. The van der Waals surface area contributed by atoms with Gasteiger partial charge in [0, 0.05) is 38.0 Å². The van der Waals surface area contributed by atoms with E-state index >= 15 is 0 Å². The van der Waals surface area contributed by atoms with Gasteiger partial charge >= 0.3 is 0 Å². The molecule has 0 bridgehead atoms. The summed E-state index contributed by atoms with van der Waals surface area (Å²) >= 11 is 0. The van der Waals surface area contributed by atoms with Crippen LogP contribution in [0.25, 0.3) is 5.78 Å². The number of hydrogen-bond donors (Lipinski definition) is 2. The Labute approximate surface area is 204 Å². The van der Waals surface area contributed by atoms with Crippen molar-refractivity contribution in [2.24, 2.45) is 0 Å². The topological polar surface area (TPSA) is 114 Å². The van der Waals surface area contributed by atoms with Gasteiger partial charge in [0.1, 0.15) is 23.9 Å². The molecule has 1 fully saturated rings. The summed E-state index contributed by atoms with van der Waals surface area (Å²) in [7, 11) is 1.62. The van der Waals surface area contributed by atoms with Crippen LogP contribution in [0.15, 0.2) is 30.6 Å². The van der Waals surface area contributed by atoms with Crippen LogP contribution in [0.5, 0.6) is 5.75 Å². The van der Waals surface area contributed by atoms with Crippen molar-refractivity contribution in [2.75, 3.05) is 25.1 Å². The highest BCUT2D eigenvalue weighted by molar-refractivity contribution is 5.87. The number of aromatic nitrogens is 4. The molecule has 2 aromatic heterocycles. The molecular formula is C25H31N7O3. The standard InChI is InChI=1S/C25H31N7O3/c1-16(33)28-22(14-17-6-8-19(35-2)9-7-17)23(34)29-18-10-12-31(13-11-18)24-20-4-3-5-21(20)30-25-26-15-27-32(24)25/h6-9,15,18,22H,3-5,10-14H2,1-2H3,(H,28,33)(H,29,34)/t22-/m0/s1. The summed E-state index contributed by atoms with van der Waals surface area (Å²) < 4.78 is 7.06. The van der Waals surface area contributed by atoms with Crippen molar-refractivity contribution in [3.8, 4) is 5.75 Å². The van der Waals surface area contributed by atoms with E-state index < -0.39 is 6.04 Å². The molecule has 3 aromatic rings. The molecule has 2 amide bonds. The molecule has 1 aromatic carbocycles. The summed E-state index contributed by atoms with van der Waals surface area (Å²) in [6, 6.07) is 6.96. The molecule has 5 rings (SSSR count). The molecule has 1 atom stereocenters.